The third kappa shape index (κ3) is 4.00. The van der Waals surface area contributed by atoms with Crippen molar-refractivity contribution in [2.75, 3.05) is 6.26 Å². The molecule has 140 valence electrons. The van der Waals surface area contributed by atoms with Gasteiger partial charge in [-0.05, 0) is 53.0 Å². The first-order chi connectivity index (χ1) is 12.1. The number of nitrogens with zero attached hydrogens (tertiary/aromatic N) is 1. The molecule has 1 aliphatic rings. The normalized spacial score (nSPS) is 15.4. The van der Waals surface area contributed by atoms with Crippen LogP contribution in [0.5, 0.6) is 0 Å². The lowest BCUT2D eigenvalue weighted by molar-refractivity contribution is 0.391. The summed E-state index contributed by atoms with van der Waals surface area (Å²) in [6.45, 7) is -0.102. The van der Waals surface area contributed by atoms with Gasteiger partial charge in [0.1, 0.15) is 5.82 Å². The van der Waals surface area contributed by atoms with Crippen LogP contribution in [0.1, 0.15) is 18.4 Å². The molecular formula is C17H17BrFNO4S2. The lowest BCUT2D eigenvalue weighted by Gasteiger charge is -2.23. The predicted molar refractivity (Wildman–Crippen MR) is 99.4 cm³/mol. The second kappa shape index (κ2) is 7.03. The molecule has 5 nitrogen and oxygen atoms in total. The number of halogens is 2. The Hall–Kier alpha value is -1.29. The highest BCUT2D eigenvalue weighted by Gasteiger charge is 2.39. The van der Waals surface area contributed by atoms with E-state index in [0.717, 1.165) is 12.3 Å². The summed E-state index contributed by atoms with van der Waals surface area (Å²) in [5.74, 6) is -0.475. The van der Waals surface area contributed by atoms with Crippen molar-refractivity contribution >= 4 is 35.8 Å². The topological polar surface area (TPSA) is 71.5 Å². The van der Waals surface area contributed by atoms with E-state index in [1.54, 1.807) is 18.2 Å². The standard InChI is InChI=1S/C17H17BrFNO4S2/c1-25(21,22)14-8-9-15(18)17(10-14)26(23,24)20(13-6-7-13)11-12-4-2-3-5-16(12)19/h2-5,8-10,13H,6-7,11H2,1H3. The first-order valence-electron chi connectivity index (χ1n) is 7.85. The van der Waals surface area contributed by atoms with Crippen molar-refractivity contribution in [3.63, 3.8) is 0 Å². The fourth-order valence-electron chi connectivity index (χ4n) is 2.61. The van der Waals surface area contributed by atoms with E-state index in [0.29, 0.717) is 12.8 Å². The maximum atomic E-state index is 14.0. The highest BCUT2D eigenvalue weighted by atomic mass is 79.9. The Morgan fingerprint density at radius 1 is 1.12 bits per heavy atom. The highest BCUT2D eigenvalue weighted by Crippen LogP contribution is 2.36. The first-order valence-corrected chi connectivity index (χ1v) is 12.0. The van der Waals surface area contributed by atoms with Crippen molar-refractivity contribution in [2.24, 2.45) is 0 Å². The van der Waals surface area contributed by atoms with Gasteiger partial charge in [0, 0.05) is 28.9 Å². The Balaban J connectivity index is 2.06. The highest BCUT2D eigenvalue weighted by molar-refractivity contribution is 9.10. The van der Waals surface area contributed by atoms with Crippen LogP contribution in [-0.4, -0.2) is 33.4 Å². The fourth-order valence-corrected chi connectivity index (χ4v) is 5.94. The van der Waals surface area contributed by atoms with Crippen LogP contribution in [0.2, 0.25) is 0 Å². The second-order valence-corrected chi connectivity index (χ2v) is 11.0. The molecule has 2 aromatic rings. The minimum Gasteiger partial charge on any atom is -0.224 e. The Morgan fingerprint density at radius 2 is 1.77 bits per heavy atom. The van der Waals surface area contributed by atoms with Crippen LogP contribution in [0.15, 0.2) is 56.7 Å². The maximum absolute atomic E-state index is 14.0. The van der Waals surface area contributed by atoms with Crippen molar-refractivity contribution in [1.82, 2.24) is 4.31 Å². The van der Waals surface area contributed by atoms with E-state index in [9.17, 15) is 21.2 Å². The smallest absolute Gasteiger partial charge is 0.224 e. The molecule has 2 aromatic carbocycles. The lowest BCUT2D eigenvalue weighted by Crippen LogP contribution is -2.33. The van der Waals surface area contributed by atoms with Gasteiger partial charge in [0.25, 0.3) is 0 Å². The third-order valence-corrected chi connectivity index (χ3v) is 8.16. The molecular weight excluding hydrogens is 445 g/mol. The number of hydrogen-bond acceptors (Lipinski definition) is 4. The molecule has 0 unspecified atom stereocenters. The Labute approximate surface area is 160 Å². The SMILES string of the molecule is CS(=O)(=O)c1ccc(Br)c(S(=O)(=O)N(Cc2ccccc2F)C2CC2)c1. The lowest BCUT2D eigenvalue weighted by atomic mass is 10.2. The van der Waals surface area contributed by atoms with Crippen molar-refractivity contribution in [2.45, 2.75) is 35.2 Å². The minimum atomic E-state index is -4.01. The van der Waals surface area contributed by atoms with Gasteiger partial charge in [0.2, 0.25) is 10.0 Å². The van der Waals surface area contributed by atoms with E-state index in [1.807, 2.05) is 0 Å². The van der Waals surface area contributed by atoms with Crippen LogP contribution in [0, 0.1) is 5.82 Å². The van der Waals surface area contributed by atoms with Gasteiger partial charge in [0.05, 0.1) is 9.79 Å². The molecule has 1 saturated carbocycles. The molecule has 0 aromatic heterocycles. The summed E-state index contributed by atoms with van der Waals surface area (Å²) in [5.41, 5.74) is 0.276. The Kier molecular flexibility index (Phi) is 5.26. The molecule has 0 amide bonds. The summed E-state index contributed by atoms with van der Waals surface area (Å²) in [7, 11) is -7.57. The number of rotatable bonds is 6. The van der Waals surface area contributed by atoms with Crippen molar-refractivity contribution < 1.29 is 21.2 Å². The van der Waals surface area contributed by atoms with Crippen molar-refractivity contribution in [3.05, 3.63) is 58.3 Å². The molecule has 0 spiro atoms. The molecule has 9 heteroatoms. The zero-order valence-electron chi connectivity index (χ0n) is 13.9. The number of hydrogen-bond donors (Lipinski definition) is 0. The molecule has 3 rings (SSSR count). The van der Waals surface area contributed by atoms with E-state index >= 15 is 0 Å². The summed E-state index contributed by atoms with van der Waals surface area (Å²) in [4.78, 5) is -0.218. The van der Waals surface area contributed by atoms with Gasteiger partial charge in [-0.2, -0.15) is 4.31 Å². The summed E-state index contributed by atoms with van der Waals surface area (Å²) in [5, 5.41) is 0. The van der Waals surface area contributed by atoms with Crippen LogP contribution < -0.4 is 0 Å². The largest absolute Gasteiger partial charge is 0.244 e. The molecule has 0 heterocycles. The van der Waals surface area contributed by atoms with Gasteiger partial charge in [-0.1, -0.05) is 18.2 Å². The van der Waals surface area contributed by atoms with Gasteiger partial charge < -0.3 is 0 Å². The number of sulfonamides is 1. The van der Waals surface area contributed by atoms with Crippen LogP contribution in [-0.2, 0) is 26.4 Å². The number of benzene rings is 2. The second-order valence-electron chi connectivity index (χ2n) is 6.24. The average Bonchev–Trinajstić information content (AvgIpc) is 3.37. The van der Waals surface area contributed by atoms with Crippen LogP contribution in [0.3, 0.4) is 0 Å². The van der Waals surface area contributed by atoms with Gasteiger partial charge in [-0.15, -0.1) is 0 Å². The van der Waals surface area contributed by atoms with E-state index in [1.165, 1.54) is 22.5 Å². The molecule has 26 heavy (non-hydrogen) atoms. The molecule has 0 saturated heterocycles. The maximum Gasteiger partial charge on any atom is 0.244 e. The molecule has 1 fully saturated rings. The molecule has 0 atom stereocenters. The predicted octanol–water partition coefficient (Wildman–Crippen LogP) is 3.35. The summed E-state index contributed by atoms with van der Waals surface area (Å²) >= 11 is 3.20. The monoisotopic (exact) mass is 461 g/mol. The zero-order valence-corrected chi connectivity index (χ0v) is 17.1. The summed E-state index contributed by atoms with van der Waals surface area (Å²) in [6.07, 6.45) is 2.40. The molecule has 0 aliphatic heterocycles. The Bertz CT molecular complexity index is 1050. The molecule has 0 bridgehead atoms. The van der Waals surface area contributed by atoms with Crippen LogP contribution >= 0.6 is 15.9 Å². The Morgan fingerprint density at radius 3 is 2.35 bits per heavy atom. The summed E-state index contributed by atoms with van der Waals surface area (Å²) in [6, 6.07) is 9.69. The van der Waals surface area contributed by atoms with Crippen molar-refractivity contribution in [3.8, 4) is 0 Å². The quantitative estimate of drug-likeness (QED) is 0.660. The van der Waals surface area contributed by atoms with Gasteiger partial charge >= 0.3 is 0 Å². The van der Waals surface area contributed by atoms with Crippen LogP contribution in [0.25, 0.3) is 0 Å². The molecule has 0 radical (unpaired) electrons. The van der Waals surface area contributed by atoms with E-state index < -0.39 is 25.7 Å². The first kappa shape index (κ1) is 19.5. The van der Waals surface area contributed by atoms with Gasteiger partial charge in [0.15, 0.2) is 9.84 Å². The minimum absolute atomic E-state index is 0.0825. The van der Waals surface area contributed by atoms with Gasteiger partial charge in [-0.25, -0.2) is 21.2 Å². The van der Waals surface area contributed by atoms with Gasteiger partial charge in [-0.3, -0.25) is 0 Å². The fraction of sp³-hybridized carbons (Fsp3) is 0.294. The van der Waals surface area contributed by atoms with Crippen molar-refractivity contribution in [1.29, 1.82) is 0 Å². The summed E-state index contributed by atoms with van der Waals surface area (Å²) < 4.78 is 65.5. The van der Waals surface area contributed by atoms with E-state index in [4.69, 9.17) is 0 Å². The van der Waals surface area contributed by atoms with E-state index in [-0.39, 0.29) is 32.4 Å². The zero-order chi connectivity index (χ0) is 19.1. The van der Waals surface area contributed by atoms with Crippen LogP contribution in [0.4, 0.5) is 4.39 Å². The third-order valence-electron chi connectivity index (χ3n) is 4.16. The number of sulfone groups is 1. The van der Waals surface area contributed by atoms with E-state index in [2.05, 4.69) is 15.9 Å². The molecule has 0 N–H and O–H groups in total. The molecule has 1 aliphatic carbocycles. The average molecular weight is 462 g/mol.